The predicted molar refractivity (Wildman–Crippen MR) is 52.1 cm³/mol. The summed E-state index contributed by atoms with van der Waals surface area (Å²) < 4.78 is 1.13. The molecule has 1 rings (SSSR count). The molecule has 0 saturated heterocycles. The molecule has 0 amide bonds. The molecule has 10 heavy (non-hydrogen) atoms. The van der Waals surface area contributed by atoms with Gasteiger partial charge < -0.3 is 5.73 Å². The van der Waals surface area contributed by atoms with Gasteiger partial charge in [0.25, 0.3) is 0 Å². The van der Waals surface area contributed by atoms with Crippen LogP contribution in [0.15, 0.2) is 18.2 Å². The Bertz CT molecular complexity index is 217. The fraction of sp³-hybridized carbons (Fsp3) is 0.143. The van der Waals surface area contributed by atoms with Gasteiger partial charge in [-0.25, -0.2) is 0 Å². The monoisotopic (exact) mass is 267 g/mol. The fourth-order valence-corrected chi connectivity index (χ4v) is 1.91. The first kappa shape index (κ1) is 8.30. The lowest BCUT2D eigenvalue weighted by Crippen LogP contribution is -1.95. The third-order valence-corrected chi connectivity index (χ3v) is 2.00. The lowest BCUT2D eigenvalue weighted by Gasteiger charge is -1.97. The van der Waals surface area contributed by atoms with Crippen LogP contribution in [-0.4, -0.2) is 0 Å². The van der Waals surface area contributed by atoms with E-state index in [0.717, 1.165) is 14.2 Å². The Morgan fingerprint density at radius 3 is 2.60 bits per heavy atom. The molecule has 0 spiro atoms. The summed E-state index contributed by atoms with van der Waals surface area (Å²) in [7, 11) is 0. The zero-order chi connectivity index (χ0) is 7.56. The van der Waals surface area contributed by atoms with Crippen molar-refractivity contribution < 1.29 is 0 Å². The molecule has 0 aliphatic heterocycles. The van der Waals surface area contributed by atoms with E-state index in [1.54, 1.807) is 0 Å². The quantitative estimate of drug-likeness (QED) is 0.777. The van der Waals surface area contributed by atoms with E-state index in [1.165, 1.54) is 0 Å². The molecule has 0 unspecified atom stereocenters. The highest BCUT2D eigenvalue weighted by molar-refractivity contribution is 14.1. The minimum atomic E-state index is 0.552. The maximum absolute atomic E-state index is 5.77. The molecule has 1 aromatic carbocycles. The van der Waals surface area contributed by atoms with Crippen molar-refractivity contribution in [2.24, 2.45) is 5.73 Å². The second kappa shape index (κ2) is 3.55. The summed E-state index contributed by atoms with van der Waals surface area (Å²) in [6, 6.07) is 5.80. The van der Waals surface area contributed by atoms with E-state index in [2.05, 4.69) is 22.6 Å². The summed E-state index contributed by atoms with van der Waals surface area (Å²) in [6.45, 7) is 0.552. The summed E-state index contributed by atoms with van der Waals surface area (Å²) in [4.78, 5) is 0. The average molecular weight is 267 g/mol. The molecular formula is C7H7ClIN. The summed E-state index contributed by atoms with van der Waals surface area (Å²) in [6.07, 6.45) is 0. The van der Waals surface area contributed by atoms with E-state index in [-0.39, 0.29) is 0 Å². The highest BCUT2D eigenvalue weighted by atomic mass is 127. The predicted octanol–water partition coefficient (Wildman–Crippen LogP) is 2.40. The molecule has 1 aromatic rings. The molecule has 0 aliphatic rings. The van der Waals surface area contributed by atoms with Crippen molar-refractivity contribution >= 4 is 34.2 Å². The number of rotatable bonds is 1. The van der Waals surface area contributed by atoms with Gasteiger partial charge in [-0.2, -0.15) is 0 Å². The number of hydrogen-bond acceptors (Lipinski definition) is 1. The molecule has 0 bridgehead atoms. The first-order chi connectivity index (χ1) is 4.72. The van der Waals surface area contributed by atoms with Crippen LogP contribution in [0.1, 0.15) is 5.56 Å². The smallest absolute Gasteiger partial charge is 0.0419 e. The number of nitrogens with two attached hydrogens (primary N) is 1. The van der Waals surface area contributed by atoms with Crippen molar-refractivity contribution in [2.45, 2.75) is 6.54 Å². The zero-order valence-electron chi connectivity index (χ0n) is 5.27. The van der Waals surface area contributed by atoms with Crippen LogP contribution in [0.5, 0.6) is 0 Å². The van der Waals surface area contributed by atoms with Gasteiger partial charge in [-0.1, -0.05) is 11.6 Å². The van der Waals surface area contributed by atoms with Crippen molar-refractivity contribution in [2.75, 3.05) is 0 Å². The molecule has 1 nitrogen and oxygen atoms in total. The Hall–Kier alpha value is 0.200. The SMILES string of the molecule is NCc1cc(Cl)cc(I)c1. The van der Waals surface area contributed by atoms with E-state index in [0.29, 0.717) is 6.54 Å². The van der Waals surface area contributed by atoms with E-state index in [9.17, 15) is 0 Å². The molecule has 0 saturated carbocycles. The average Bonchev–Trinajstić information content (AvgIpc) is 1.85. The molecule has 0 aliphatic carbocycles. The molecule has 54 valence electrons. The normalized spacial score (nSPS) is 9.90. The van der Waals surface area contributed by atoms with E-state index >= 15 is 0 Å². The first-order valence-corrected chi connectivity index (χ1v) is 4.33. The maximum Gasteiger partial charge on any atom is 0.0419 e. The number of benzene rings is 1. The standard InChI is InChI=1S/C7H7ClIN/c8-6-1-5(4-10)2-7(9)3-6/h1-3H,4,10H2. The lowest BCUT2D eigenvalue weighted by atomic mass is 10.2. The van der Waals surface area contributed by atoms with Crippen LogP contribution in [0.3, 0.4) is 0 Å². The van der Waals surface area contributed by atoms with Crippen molar-refractivity contribution in [3.05, 3.63) is 32.4 Å². The molecule has 3 heteroatoms. The second-order valence-electron chi connectivity index (χ2n) is 1.98. The van der Waals surface area contributed by atoms with Gasteiger partial charge >= 0.3 is 0 Å². The Morgan fingerprint density at radius 2 is 2.10 bits per heavy atom. The van der Waals surface area contributed by atoms with Gasteiger partial charge in [-0.3, -0.25) is 0 Å². The van der Waals surface area contributed by atoms with Crippen molar-refractivity contribution in [3.8, 4) is 0 Å². The van der Waals surface area contributed by atoms with Crippen LogP contribution in [-0.2, 0) is 6.54 Å². The van der Waals surface area contributed by atoms with Gasteiger partial charge in [0.1, 0.15) is 0 Å². The lowest BCUT2D eigenvalue weighted by molar-refractivity contribution is 1.07. The largest absolute Gasteiger partial charge is 0.326 e. The van der Waals surface area contributed by atoms with Gasteiger partial charge in [-0.15, -0.1) is 0 Å². The summed E-state index contributed by atoms with van der Waals surface area (Å²) in [5.74, 6) is 0. The van der Waals surface area contributed by atoms with Gasteiger partial charge in [0.2, 0.25) is 0 Å². The minimum Gasteiger partial charge on any atom is -0.326 e. The van der Waals surface area contributed by atoms with Crippen molar-refractivity contribution in [1.29, 1.82) is 0 Å². The molecule has 0 aromatic heterocycles. The van der Waals surface area contributed by atoms with E-state index < -0.39 is 0 Å². The summed E-state index contributed by atoms with van der Waals surface area (Å²) in [5, 5.41) is 0.757. The van der Waals surface area contributed by atoms with Crippen molar-refractivity contribution in [3.63, 3.8) is 0 Å². The molecule has 0 fully saturated rings. The van der Waals surface area contributed by atoms with Crippen LogP contribution in [0.4, 0.5) is 0 Å². The molecule has 2 N–H and O–H groups in total. The highest BCUT2D eigenvalue weighted by Gasteiger charge is 1.93. The first-order valence-electron chi connectivity index (χ1n) is 2.87. The molecule has 0 radical (unpaired) electrons. The van der Waals surface area contributed by atoms with Crippen LogP contribution < -0.4 is 5.73 Å². The number of hydrogen-bond donors (Lipinski definition) is 1. The molecular weight excluding hydrogens is 260 g/mol. The summed E-state index contributed by atoms with van der Waals surface area (Å²) >= 11 is 7.98. The Balaban J connectivity index is 3.06. The van der Waals surface area contributed by atoms with Crippen LogP contribution >= 0.6 is 34.2 Å². The van der Waals surface area contributed by atoms with Gasteiger partial charge in [0.15, 0.2) is 0 Å². The van der Waals surface area contributed by atoms with Crippen molar-refractivity contribution in [1.82, 2.24) is 0 Å². The molecule has 0 atom stereocenters. The minimum absolute atomic E-state index is 0.552. The summed E-state index contributed by atoms with van der Waals surface area (Å²) in [5.41, 5.74) is 6.51. The Labute approximate surface area is 78.7 Å². The van der Waals surface area contributed by atoms with Crippen LogP contribution in [0, 0.1) is 3.57 Å². The van der Waals surface area contributed by atoms with Gasteiger partial charge in [0.05, 0.1) is 0 Å². The fourth-order valence-electron chi connectivity index (χ4n) is 0.729. The second-order valence-corrected chi connectivity index (χ2v) is 3.66. The Kier molecular flexibility index (Phi) is 2.95. The van der Waals surface area contributed by atoms with E-state index in [4.69, 9.17) is 17.3 Å². The van der Waals surface area contributed by atoms with Gasteiger partial charge in [-0.05, 0) is 46.4 Å². The van der Waals surface area contributed by atoms with Crippen LogP contribution in [0.25, 0.3) is 0 Å². The molecule has 0 heterocycles. The topological polar surface area (TPSA) is 26.0 Å². The third-order valence-electron chi connectivity index (χ3n) is 1.16. The number of halogens is 2. The Morgan fingerprint density at radius 1 is 1.40 bits per heavy atom. The van der Waals surface area contributed by atoms with Gasteiger partial charge in [0, 0.05) is 15.1 Å². The third kappa shape index (κ3) is 2.11. The zero-order valence-corrected chi connectivity index (χ0v) is 8.19. The van der Waals surface area contributed by atoms with Crippen LogP contribution in [0.2, 0.25) is 5.02 Å². The van der Waals surface area contributed by atoms with E-state index in [1.807, 2.05) is 18.2 Å². The maximum atomic E-state index is 5.77. The highest BCUT2D eigenvalue weighted by Crippen LogP contribution is 2.15.